The summed E-state index contributed by atoms with van der Waals surface area (Å²) in [5.74, 6) is -1.70. The van der Waals surface area contributed by atoms with E-state index in [0.29, 0.717) is 40.7 Å². The minimum absolute atomic E-state index is 0.0546. The summed E-state index contributed by atoms with van der Waals surface area (Å²) in [6, 6.07) is 8.22. The van der Waals surface area contributed by atoms with Gasteiger partial charge in [0.2, 0.25) is 0 Å². The maximum absolute atomic E-state index is 14.2. The van der Waals surface area contributed by atoms with E-state index in [9.17, 15) is 18.4 Å². The lowest BCUT2D eigenvalue weighted by Crippen LogP contribution is -2.27. The zero-order valence-corrected chi connectivity index (χ0v) is 18.7. The largest absolute Gasteiger partial charge is 0.352 e. The van der Waals surface area contributed by atoms with Crippen molar-refractivity contribution in [2.75, 3.05) is 11.9 Å². The quantitative estimate of drug-likeness (QED) is 0.583. The molecule has 2 N–H and O–H groups in total. The molecule has 0 aliphatic rings. The van der Waals surface area contributed by atoms with E-state index in [4.69, 9.17) is 0 Å². The first-order valence-electron chi connectivity index (χ1n) is 10.3. The average molecular weight is 440 g/mol. The first-order valence-corrected chi connectivity index (χ1v) is 10.3. The van der Waals surface area contributed by atoms with Crippen LogP contribution in [0.5, 0.6) is 0 Å². The molecule has 168 valence electrons. The van der Waals surface area contributed by atoms with Crippen LogP contribution in [0.15, 0.2) is 36.4 Å². The fourth-order valence-electron chi connectivity index (χ4n) is 3.39. The smallest absolute Gasteiger partial charge is 0.259 e. The van der Waals surface area contributed by atoms with Gasteiger partial charge >= 0.3 is 0 Å². The Hall–Kier alpha value is -3.55. The highest BCUT2D eigenvalue weighted by atomic mass is 19.1. The molecule has 0 spiro atoms. The summed E-state index contributed by atoms with van der Waals surface area (Å²) in [6.45, 7) is 9.70. The molecule has 0 aliphatic heterocycles. The van der Waals surface area contributed by atoms with E-state index in [1.807, 2.05) is 13.8 Å². The molecule has 8 heteroatoms. The van der Waals surface area contributed by atoms with E-state index in [1.54, 1.807) is 39.0 Å². The molecule has 0 fully saturated rings. The van der Waals surface area contributed by atoms with Crippen LogP contribution in [0.1, 0.15) is 51.5 Å². The van der Waals surface area contributed by atoms with Crippen LogP contribution in [0, 0.1) is 38.3 Å². The Morgan fingerprint density at radius 1 is 1.03 bits per heavy atom. The minimum Gasteiger partial charge on any atom is -0.352 e. The van der Waals surface area contributed by atoms with Crippen molar-refractivity contribution in [1.29, 1.82) is 0 Å². The van der Waals surface area contributed by atoms with Gasteiger partial charge in [0.25, 0.3) is 11.8 Å². The van der Waals surface area contributed by atoms with Crippen LogP contribution < -0.4 is 10.6 Å². The second-order valence-corrected chi connectivity index (χ2v) is 8.14. The molecule has 0 atom stereocenters. The number of nitrogens with zero attached hydrogens (tertiary/aromatic N) is 2. The fraction of sp³-hybridized carbons (Fsp3) is 0.292. The molecule has 0 bridgehead atoms. The summed E-state index contributed by atoms with van der Waals surface area (Å²) < 4.78 is 28.8. The molecule has 0 saturated heterocycles. The lowest BCUT2D eigenvalue weighted by Gasteiger charge is -2.12. The molecule has 0 radical (unpaired) electrons. The van der Waals surface area contributed by atoms with Crippen molar-refractivity contribution in [2.24, 2.45) is 5.92 Å². The van der Waals surface area contributed by atoms with Crippen molar-refractivity contribution in [3.05, 3.63) is 76.1 Å². The van der Waals surface area contributed by atoms with Crippen LogP contribution in [0.25, 0.3) is 5.69 Å². The third-order valence-electron chi connectivity index (χ3n) is 5.06. The third kappa shape index (κ3) is 4.85. The van der Waals surface area contributed by atoms with E-state index in [1.165, 1.54) is 10.7 Å². The third-order valence-corrected chi connectivity index (χ3v) is 5.06. The molecule has 32 heavy (non-hydrogen) atoms. The van der Waals surface area contributed by atoms with Gasteiger partial charge in [-0.2, -0.15) is 5.10 Å². The second-order valence-electron chi connectivity index (χ2n) is 8.14. The molecule has 3 rings (SSSR count). The second kappa shape index (κ2) is 9.30. The number of amides is 2. The number of nitrogens with one attached hydrogen (secondary N) is 2. The number of anilines is 1. The van der Waals surface area contributed by atoms with Gasteiger partial charge in [0.1, 0.15) is 11.5 Å². The van der Waals surface area contributed by atoms with Crippen LogP contribution in [-0.2, 0) is 0 Å². The Morgan fingerprint density at radius 3 is 2.38 bits per heavy atom. The molecule has 3 aromatic rings. The summed E-state index contributed by atoms with van der Waals surface area (Å²) in [4.78, 5) is 25.3. The van der Waals surface area contributed by atoms with Gasteiger partial charge in [-0.3, -0.25) is 9.59 Å². The van der Waals surface area contributed by atoms with E-state index in [-0.39, 0.29) is 11.6 Å². The summed E-state index contributed by atoms with van der Waals surface area (Å²) in [7, 11) is 0. The van der Waals surface area contributed by atoms with Gasteiger partial charge in [0, 0.05) is 23.9 Å². The molecule has 1 heterocycles. The van der Waals surface area contributed by atoms with Crippen molar-refractivity contribution in [3.63, 3.8) is 0 Å². The fourth-order valence-corrected chi connectivity index (χ4v) is 3.39. The van der Waals surface area contributed by atoms with Crippen LogP contribution >= 0.6 is 0 Å². The van der Waals surface area contributed by atoms with Crippen molar-refractivity contribution >= 4 is 17.5 Å². The summed E-state index contributed by atoms with van der Waals surface area (Å²) >= 11 is 0. The Morgan fingerprint density at radius 2 is 1.75 bits per heavy atom. The zero-order valence-electron chi connectivity index (χ0n) is 18.7. The van der Waals surface area contributed by atoms with Crippen LogP contribution in [0.3, 0.4) is 0 Å². The molecule has 2 aromatic carbocycles. The maximum Gasteiger partial charge on any atom is 0.259 e. The van der Waals surface area contributed by atoms with Gasteiger partial charge in [0.15, 0.2) is 5.82 Å². The molecule has 2 amide bonds. The topological polar surface area (TPSA) is 76.0 Å². The number of hydrogen-bond donors (Lipinski definition) is 2. The standard InChI is InChI=1S/C24H26F2N4O2/c1-13(2)12-27-23(31)17-6-8-20(14(3)10-17)28-24(32)22-15(4)29-30(16(22)5)21-9-7-18(25)11-19(21)26/h6-11,13H,12H2,1-5H3,(H,27,31)(H,28,32). The van der Waals surface area contributed by atoms with Crippen LogP contribution in [0.2, 0.25) is 0 Å². The molecular weight excluding hydrogens is 414 g/mol. The summed E-state index contributed by atoms with van der Waals surface area (Å²) in [5.41, 5.74) is 2.97. The Balaban J connectivity index is 1.83. The number of benzene rings is 2. The van der Waals surface area contributed by atoms with Crippen molar-refractivity contribution in [2.45, 2.75) is 34.6 Å². The number of carbonyl (C=O) groups is 2. The molecule has 0 aliphatic carbocycles. The van der Waals surface area contributed by atoms with Crippen molar-refractivity contribution in [1.82, 2.24) is 15.1 Å². The molecule has 6 nitrogen and oxygen atoms in total. The Labute approximate surface area is 185 Å². The number of aromatic nitrogens is 2. The minimum atomic E-state index is -0.773. The predicted octanol–water partition coefficient (Wildman–Crippen LogP) is 4.71. The van der Waals surface area contributed by atoms with Gasteiger partial charge in [0.05, 0.1) is 17.0 Å². The average Bonchev–Trinajstić information content (AvgIpc) is 3.01. The van der Waals surface area contributed by atoms with Gasteiger partial charge in [-0.25, -0.2) is 13.5 Å². The maximum atomic E-state index is 14.2. The highest BCUT2D eigenvalue weighted by Crippen LogP contribution is 2.23. The van der Waals surface area contributed by atoms with E-state index < -0.39 is 17.5 Å². The highest BCUT2D eigenvalue weighted by Gasteiger charge is 2.22. The van der Waals surface area contributed by atoms with Crippen LogP contribution in [0.4, 0.5) is 14.5 Å². The predicted molar refractivity (Wildman–Crippen MR) is 119 cm³/mol. The van der Waals surface area contributed by atoms with E-state index in [0.717, 1.165) is 17.7 Å². The number of halogens is 2. The Kier molecular flexibility index (Phi) is 6.72. The monoisotopic (exact) mass is 440 g/mol. The number of carbonyl (C=O) groups excluding carboxylic acids is 2. The Bertz CT molecular complexity index is 1180. The number of rotatable bonds is 6. The zero-order chi connectivity index (χ0) is 23.6. The highest BCUT2D eigenvalue weighted by molar-refractivity contribution is 6.06. The number of aryl methyl sites for hydroxylation is 2. The number of hydrogen-bond acceptors (Lipinski definition) is 3. The first kappa shape index (κ1) is 23.1. The molecule has 0 unspecified atom stereocenters. The molecule has 1 aromatic heterocycles. The van der Waals surface area contributed by atoms with Gasteiger partial charge in [-0.15, -0.1) is 0 Å². The molecule has 0 saturated carbocycles. The normalized spacial score (nSPS) is 11.0. The SMILES string of the molecule is Cc1cc(C(=O)NCC(C)C)ccc1NC(=O)c1c(C)nn(-c2ccc(F)cc2F)c1C. The van der Waals surface area contributed by atoms with E-state index in [2.05, 4.69) is 15.7 Å². The first-order chi connectivity index (χ1) is 15.1. The van der Waals surface area contributed by atoms with Gasteiger partial charge in [-0.1, -0.05) is 13.8 Å². The van der Waals surface area contributed by atoms with E-state index >= 15 is 0 Å². The van der Waals surface area contributed by atoms with Crippen LogP contribution in [-0.4, -0.2) is 28.1 Å². The van der Waals surface area contributed by atoms with Crippen molar-refractivity contribution < 1.29 is 18.4 Å². The van der Waals surface area contributed by atoms with Gasteiger partial charge in [-0.05, 0) is 62.6 Å². The lowest BCUT2D eigenvalue weighted by atomic mass is 10.1. The lowest BCUT2D eigenvalue weighted by molar-refractivity contribution is 0.0948. The van der Waals surface area contributed by atoms with Gasteiger partial charge < -0.3 is 10.6 Å². The summed E-state index contributed by atoms with van der Waals surface area (Å²) in [5, 5.41) is 9.97. The van der Waals surface area contributed by atoms with Crippen molar-refractivity contribution in [3.8, 4) is 5.69 Å². The molecular formula is C24H26F2N4O2. The summed E-state index contributed by atoms with van der Waals surface area (Å²) in [6.07, 6.45) is 0.